The Morgan fingerprint density at radius 1 is 1.21 bits per heavy atom. The van der Waals surface area contributed by atoms with Gasteiger partial charge in [0.2, 0.25) is 5.91 Å². The number of aliphatic carboxylic acids is 1. The summed E-state index contributed by atoms with van der Waals surface area (Å²) in [5.41, 5.74) is -0.102. The molecule has 1 unspecified atom stereocenters. The minimum Gasteiger partial charge on any atom is -0.480 e. The van der Waals surface area contributed by atoms with Crippen LogP contribution in [0.2, 0.25) is 0 Å². The number of carboxylic acid groups (broad SMARTS) is 1. The van der Waals surface area contributed by atoms with Gasteiger partial charge in [0.15, 0.2) is 0 Å². The number of carbonyl (C=O) groups excluding carboxylic acids is 2. The fraction of sp³-hybridized carbons (Fsp3) is 0.471. The summed E-state index contributed by atoms with van der Waals surface area (Å²) in [5, 5.41) is 12.1. The van der Waals surface area contributed by atoms with Crippen molar-refractivity contribution in [3.05, 3.63) is 30.3 Å². The largest absolute Gasteiger partial charge is 0.480 e. The molecule has 1 fully saturated rings. The van der Waals surface area contributed by atoms with Crippen molar-refractivity contribution >= 4 is 23.7 Å². The number of carbonyl (C=O) groups is 3. The van der Waals surface area contributed by atoms with Crippen molar-refractivity contribution in [2.75, 3.05) is 11.9 Å². The zero-order chi connectivity index (χ0) is 17.9. The van der Waals surface area contributed by atoms with Crippen LogP contribution in [0.4, 0.5) is 10.5 Å². The Kier molecular flexibility index (Phi) is 5.11. The topological polar surface area (TPSA) is 95.9 Å². The highest BCUT2D eigenvalue weighted by molar-refractivity contribution is 5.94. The Morgan fingerprint density at radius 2 is 1.83 bits per heavy atom. The highest BCUT2D eigenvalue weighted by atomic mass is 16.6. The third-order valence-corrected chi connectivity index (χ3v) is 3.63. The summed E-state index contributed by atoms with van der Waals surface area (Å²) in [7, 11) is 0. The van der Waals surface area contributed by atoms with Crippen LogP contribution in [0.5, 0.6) is 0 Å². The van der Waals surface area contributed by atoms with E-state index < -0.39 is 29.6 Å². The fourth-order valence-corrected chi connectivity index (χ4v) is 2.55. The van der Waals surface area contributed by atoms with Crippen LogP contribution in [0.15, 0.2) is 30.3 Å². The molecule has 0 saturated carbocycles. The van der Waals surface area contributed by atoms with E-state index in [1.165, 1.54) is 0 Å². The molecule has 1 aromatic rings. The van der Waals surface area contributed by atoms with Gasteiger partial charge < -0.3 is 15.2 Å². The van der Waals surface area contributed by atoms with Crippen LogP contribution in [-0.2, 0) is 14.3 Å². The van der Waals surface area contributed by atoms with E-state index in [1.807, 2.05) is 6.07 Å². The molecule has 1 aliphatic heterocycles. The number of nitrogens with zero attached hydrogens (tertiary/aromatic N) is 1. The summed E-state index contributed by atoms with van der Waals surface area (Å²) in [4.78, 5) is 37.1. The lowest BCUT2D eigenvalue weighted by Crippen LogP contribution is -2.43. The maximum atomic E-state index is 12.4. The standard InChI is InChI=1S/C17H22N2O5/c1-17(2,3)24-16(23)19-10-11(9-13(19)15(21)22)14(20)18-12-7-5-4-6-8-12/h4-8,11,13H,9-10H2,1-3H3,(H,18,20)(H,21,22)/t11?,13-/m0/s1. The average molecular weight is 334 g/mol. The number of likely N-dealkylation sites (tertiary alicyclic amines) is 1. The number of rotatable bonds is 3. The van der Waals surface area contributed by atoms with Crippen molar-refractivity contribution in [3.63, 3.8) is 0 Å². The number of para-hydroxylation sites is 1. The van der Waals surface area contributed by atoms with Gasteiger partial charge in [-0.05, 0) is 39.3 Å². The molecule has 1 saturated heterocycles. The molecule has 1 heterocycles. The Bertz CT molecular complexity index is 624. The first-order valence-corrected chi connectivity index (χ1v) is 7.76. The van der Waals surface area contributed by atoms with Gasteiger partial charge in [-0.3, -0.25) is 9.69 Å². The molecule has 130 valence electrons. The van der Waals surface area contributed by atoms with E-state index in [1.54, 1.807) is 45.0 Å². The van der Waals surface area contributed by atoms with Crippen LogP contribution in [-0.4, -0.2) is 46.2 Å². The van der Waals surface area contributed by atoms with Crippen molar-refractivity contribution < 1.29 is 24.2 Å². The van der Waals surface area contributed by atoms with Crippen LogP contribution in [0.3, 0.4) is 0 Å². The molecular weight excluding hydrogens is 312 g/mol. The SMILES string of the molecule is CC(C)(C)OC(=O)N1CC(C(=O)Nc2ccccc2)C[C@H]1C(=O)O. The van der Waals surface area contributed by atoms with Gasteiger partial charge in [-0.1, -0.05) is 18.2 Å². The van der Waals surface area contributed by atoms with E-state index >= 15 is 0 Å². The minimum absolute atomic E-state index is 0.0184. The number of amides is 2. The normalized spacial score (nSPS) is 20.5. The van der Waals surface area contributed by atoms with Crippen LogP contribution in [0.1, 0.15) is 27.2 Å². The summed E-state index contributed by atoms with van der Waals surface area (Å²) >= 11 is 0. The summed E-state index contributed by atoms with van der Waals surface area (Å²) in [5.74, 6) is -2.05. The number of carboxylic acids is 1. The van der Waals surface area contributed by atoms with Gasteiger partial charge in [0.25, 0.3) is 0 Å². The Morgan fingerprint density at radius 3 is 2.38 bits per heavy atom. The second kappa shape index (κ2) is 6.90. The van der Waals surface area contributed by atoms with E-state index in [0.717, 1.165) is 4.90 Å². The van der Waals surface area contributed by atoms with Crippen LogP contribution < -0.4 is 5.32 Å². The molecule has 2 rings (SSSR count). The highest BCUT2D eigenvalue weighted by Crippen LogP contribution is 2.27. The van der Waals surface area contributed by atoms with E-state index in [0.29, 0.717) is 5.69 Å². The maximum Gasteiger partial charge on any atom is 0.411 e. The highest BCUT2D eigenvalue weighted by Gasteiger charge is 2.44. The van der Waals surface area contributed by atoms with Gasteiger partial charge >= 0.3 is 12.1 Å². The molecule has 1 aromatic carbocycles. The van der Waals surface area contributed by atoms with Gasteiger partial charge in [-0.15, -0.1) is 0 Å². The number of nitrogens with one attached hydrogen (secondary N) is 1. The summed E-state index contributed by atoms with van der Waals surface area (Å²) in [6.45, 7) is 5.13. The van der Waals surface area contributed by atoms with Gasteiger partial charge in [-0.2, -0.15) is 0 Å². The van der Waals surface area contributed by atoms with Crippen LogP contribution >= 0.6 is 0 Å². The predicted octanol–water partition coefficient (Wildman–Crippen LogP) is 2.34. The summed E-state index contributed by atoms with van der Waals surface area (Å²) < 4.78 is 5.24. The molecule has 2 amide bonds. The Hall–Kier alpha value is -2.57. The van der Waals surface area contributed by atoms with Gasteiger partial charge in [0.05, 0.1) is 5.92 Å². The lowest BCUT2D eigenvalue weighted by atomic mass is 10.0. The Balaban J connectivity index is 2.07. The number of ether oxygens (including phenoxy) is 1. The third-order valence-electron chi connectivity index (χ3n) is 3.63. The van der Waals surface area contributed by atoms with Crippen molar-refractivity contribution in [1.29, 1.82) is 0 Å². The monoisotopic (exact) mass is 334 g/mol. The zero-order valence-corrected chi connectivity index (χ0v) is 14.0. The first-order valence-electron chi connectivity index (χ1n) is 7.76. The maximum absolute atomic E-state index is 12.4. The second-order valence-corrected chi connectivity index (χ2v) is 6.77. The first kappa shape index (κ1) is 17.8. The van der Waals surface area contributed by atoms with E-state index in [-0.39, 0.29) is 18.9 Å². The second-order valence-electron chi connectivity index (χ2n) is 6.77. The summed E-state index contributed by atoms with van der Waals surface area (Å²) in [6, 6.07) is 7.83. The zero-order valence-electron chi connectivity index (χ0n) is 14.0. The molecule has 7 heteroatoms. The molecule has 0 bridgehead atoms. The third kappa shape index (κ3) is 4.47. The van der Waals surface area contributed by atoms with Crippen LogP contribution in [0.25, 0.3) is 0 Å². The molecule has 24 heavy (non-hydrogen) atoms. The van der Waals surface area contributed by atoms with Gasteiger partial charge in [0, 0.05) is 12.2 Å². The van der Waals surface area contributed by atoms with E-state index in [4.69, 9.17) is 4.74 Å². The molecule has 2 atom stereocenters. The van der Waals surface area contributed by atoms with Crippen LogP contribution in [0, 0.1) is 5.92 Å². The van der Waals surface area contributed by atoms with Crippen molar-refractivity contribution in [2.24, 2.45) is 5.92 Å². The van der Waals surface area contributed by atoms with E-state index in [2.05, 4.69) is 5.32 Å². The molecule has 0 spiro atoms. The van der Waals surface area contributed by atoms with Gasteiger partial charge in [-0.25, -0.2) is 9.59 Å². The first-order chi connectivity index (χ1) is 11.2. The molecule has 1 aliphatic rings. The Labute approximate surface area is 140 Å². The number of hydrogen-bond donors (Lipinski definition) is 2. The lowest BCUT2D eigenvalue weighted by Gasteiger charge is -2.26. The molecule has 2 N–H and O–H groups in total. The quantitative estimate of drug-likeness (QED) is 0.884. The van der Waals surface area contributed by atoms with Crippen molar-refractivity contribution in [1.82, 2.24) is 4.90 Å². The number of benzene rings is 1. The fourth-order valence-electron chi connectivity index (χ4n) is 2.55. The smallest absolute Gasteiger partial charge is 0.411 e. The van der Waals surface area contributed by atoms with Crippen molar-refractivity contribution in [3.8, 4) is 0 Å². The van der Waals surface area contributed by atoms with Crippen molar-refractivity contribution in [2.45, 2.75) is 38.8 Å². The molecular formula is C17H22N2O5. The number of hydrogen-bond acceptors (Lipinski definition) is 4. The van der Waals surface area contributed by atoms with E-state index in [9.17, 15) is 19.5 Å². The average Bonchev–Trinajstić information content (AvgIpc) is 2.92. The minimum atomic E-state index is -1.14. The van der Waals surface area contributed by atoms with Gasteiger partial charge in [0.1, 0.15) is 11.6 Å². The molecule has 0 radical (unpaired) electrons. The molecule has 0 aliphatic carbocycles. The number of anilines is 1. The predicted molar refractivity (Wildman–Crippen MR) is 87.5 cm³/mol. The summed E-state index contributed by atoms with van der Waals surface area (Å²) in [6.07, 6.45) is -0.655. The molecule has 0 aromatic heterocycles. The molecule has 7 nitrogen and oxygen atoms in total. The lowest BCUT2D eigenvalue weighted by molar-refractivity contribution is -0.142.